The van der Waals surface area contributed by atoms with E-state index in [1.807, 2.05) is 12.1 Å². The van der Waals surface area contributed by atoms with Gasteiger partial charge in [0.1, 0.15) is 0 Å². The van der Waals surface area contributed by atoms with Crippen molar-refractivity contribution in [3.8, 4) is 11.5 Å². The largest absolute Gasteiger partial charge is 0.493 e. The third kappa shape index (κ3) is 7.09. The third-order valence-corrected chi connectivity index (χ3v) is 4.65. The van der Waals surface area contributed by atoms with E-state index in [9.17, 15) is 0 Å². The van der Waals surface area contributed by atoms with Crippen molar-refractivity contribution in [3.05, 3.63) is 59.7 Å². The van der Waals surface area contributed by atoms with Gasteiger partial charge in [0.05, 0.1) is 13.7 Å². The molecular weight excluding hydrogens is 322 g/mol. The van der Waals surface area contributed by atoms with Crippen LogP contribution in [0.15, 0.2) is 48.5 Å². The summed E-state index contributed by atoms with van der Waals surface area (Å²) < 4.78 is 11.4. The van der Waals surface area contributed by atoms with Gasteiger partial charge in [-0.15, -0.1) is 0 Å². The van der Waals surface area contributed by atoms with Gasteiger partial charge in [-0.3, -0.25) is 0 Å². The molecule has 2 aromatic carbocycles. The van der Waals surface area contributed by atoms with Crippen molar-refractivity contribution in [3.63, 3.8) is 0 Å². The highest BCUT2D eigenvalue weighted by Gasteiger charge is 2.09. The molecule has 0 aliphatic heterocycles. The highest BCUT2D eigenvalue weighted by atomic mass is 16.5. The van der Waals surface area contributed by atoms with Gasteiger partial charge in [0.15, 0.2) is 11.5 Å². The minimum absolute atomic E-state index is 0.206. The van der Waals surface area contributed by atoms with Gasteiger partial charge >= 0.3 is 0 Å². The van der Waals surface area contributed by atoms with Gasteiger partial charge in [-0.2, -0.15) is 0 Å². The second-order valence-electron chi connectivity index (χ2n) is 6.88. The molecule has 142 valence electrons. The molecule has 0 saturated carbocycles. The molecule has 0 aromatic heterocycles. The molecule has 0 bridgehead atoms. The number of hydrogen-bond acceptors (Lipinski definition) is 3. The first-order valence-corrected chi connectivity index (χ1v) is 9.82. The summed E-state index contributed by atoms with van der Waals surface area (Å²) in [6.07, 6.45) is 7.89. The number of methoxy groups -OCH3 is 1. The lowest BCUT2D eigenvalue weighted by Crippen LogP contribution is -2.22. The number of nitrogens with two attached hydrogens (primary N) is 1. The molecule has 1 unspecified atom stereocenters. The first kappa shape index (κ1) is 20.3. The summed E-state index contributed by atoms with van der Waals surface area (Å²) in [5.74, 6) is 1.58. The van der Waals surface area contributed by atoms with Crippen molar-refractivity contribution < 1.29 is 9.47 Å². The molecule has 3 nitrogen and oxygen atoms in total. The minimum atomic E-state index is 0.206. The Bertz CT molecular complexity index is 627. The van der Waals surface area contributed by atoms with Gasteiger partial charge in [-0.25, -0.2) is 0 Å². The smallest absolute Gasteiger partial charge is 0.161 e. The van der Waals surface area contributed by atoms with Crippen molar-refractivity contribution >= 4 is 0 Å². The Labute approximate surface area is 158 Å². The van der Waals surface area contributed by atoms with Crippen molar-refractivity contribution in [1.82, 2.24) is 0 Å². The fraction of sp³-hybridized carbons (Fsp3) is 0.478. The Morgan fingerprint density at radius 1 is 0.923 bits per heavy atom. The third-order valence-electron chi connectivity index (χ3n) is 4.65. The van der Waals surface area contributed by atoms with Crippen LogP contribution < -0.4 is 15.2 Å². The molecule has 1 atom stereocenters. The molecule has 0 spiro atoms. The van der Waals surface area contributed by atoms with Crippen molar-refractivity contribution in [1.29, 1.82) is 0 Å². The maximum absolute atomic E-state index is 6.31. The monoisotopic (exact) mass is 355 g/mol. The van der Waals surface area contributed by atoms with Crippen molar-refractivity contribution in [2.75, 3.05) is 13.7 Å². The summed E-state index contributed by atoms with van der Waals surface area (Å²) in [7, 11) is 1.68. The van der Waals surface area contributed by atoms with Crippen LogP contribution in [0.1, 0.15) is 50.2 Å². The van der Waals surface area contributed by atoms with Crippen LogP contribution >= 0.6 is 0 Å². The van der Waals surface area contributed by atoms with E-state index in [0.29, 0.717) is 6.61 Å². The molecule has 0 radical (unpaired) electrons. The average Bonchev–Trinajstić information content (AvgIpc) is 2.66. The van der Waals surface area contributed by atoms with Gasteiger partial charge in [0.2, 0.25) is 0 Å². The Hall–Kier alpha value is -2.00. The van der Waals surface area contributed by atoms with Crippen LogP contribution in [0.4, 0.5) is 0 Å². The van der Waals surface area contributed by atoms with E-state index in [1.165, 1.54) is 36.8 Å². The standard InChI is InChI=1S/C23H33NO2/c1-3-4-5-9-12-21(24)17-20-13-14-22(25-2)23(18-20)26-16-15-19-10-7-6-8-11-19/h6-8,10-11,13-14,18,21H,3-5,9,12,15-17,24H2,1-2H3. The van der Waals surface area contributed by atoms with Gasteiger partial charge in [-0.1, -0.05) is 69.0 Å². The second kappa shape index (κ2) is 11.6. The molecular formula is C23H33NO2. The van der Waals surface area contributed by atoms with Gasteiger partial charge in [-0.05, 0) is 36.1 Å². The molecule has 0 heterocycles. The number of unbranched alkanes of at least 4 members (excludes halogenated alkanes) is 3. The Morgan fingerprint density at radius 2 is 1.73 bits per heavy atom. The predicted molar refractivity (Wildman–Crippen MR) is 109 cm³/mol. The zero-order chi connectivity index (χ0) is 18.6. The summed E-state index contributed by atoms with van der Waals surface area (Å²) in [5, 5.41) is 0. The van der Waals surface area contributed by atoms with Crippen LogP contribution in [0.25, 0.3) is 0 Å². The number of rotatable bonds is 12. The summed E-state index contributed by atoms with van der Waals surface area (Å²) in [4.78, 5) is 0. The topological polar surface area (TPSA) is 44.5 Å². The molecule has 2 N–H and O–H groups in total. The molecule has 2 aromatic rings. The van der Waals surface area contributed by atoms with Crippen LogP contribution in [-0.4, -0.2) is 19.8 Å². The maximum Gasteiger partial charge on any atom is 0.161 e. The number of benzene rings is 2. The molecule has 2 rings (SSSR count). The molecule has 0 aliphatic carbocycles. The quantitative estimate of drug-likeness (QED) is 0.535. The molecule has 0 fully saturated rings. The normalized spacial score (nSPS) is 12.0. The maximum atomic E-state index is 6.31. The minimum Gasteiger partial charge on any atom is -0.493 e. The lowest BCUT2D eigenvalue weighted by molar-refractivity contribution is 0.297. The van der Waals surface area contributed by atoms with E-state index in [0.717, 1.165) is 30.8 Å². The number of ether oxygens (including phenoxy) is 2. The van der Waals surface area contributed by atoms with E-state index in [2.05, 4.69) is 43.3 Å². The van der Waals surface area contributed by atoms with Gasteiger partial charge < -0.3 is 15.2 Å². The second-order valence-corrected chi connectivity index (χ2v) is 6.88. The van der Waals surface area contributed by atoms with E-state index < -0.39 is 0 Å². The molecule has 0 amide bonds. The van der Waals surface area contributed by atoms with E-state index in [4.69, 9.17) is 15.2 Å². The highest BCUT2D eigenvalue weighted by molar-refractivity contribution is 5.43. The average molecular weight is 356 g/mol. The SMILES string of the molecule is CCCCCCC(N)Cc1ccc(OC)c(OCCc2ccccc2)c1. The Kier molecular flexibility index (Phi) is 9.05. The van der Waals surface area contributed by atoms with Gasteiger partial charge in [0, 0.05) is 12.5 Å². The summed E-state index contributed by atoms with van der Waals surface area (Å²) in [6.45, 7) is 2.86. The first-order chi connectivity index (χ1) is 12.7. The first-order valence-electron chi connectivity index (χ1n) is 9.82. The number of hydrogen-bond donors (Lipinski definition) is 1. The molecule has 0 aliphatic rings. The molecule has 0 saturated heterocycles. The molecule has 26 heavy (non-hydrogen) atoms. The van der Waals surface area contributed by atoms with Crippen LogP contribution in [0.3, 0.4) is 0 Å². The fourth-order valence-electron chi connectivity index (χ4n) is 3.12. The zero-order valence-electron chi connectivity index (χ0n) is 16.2. The lowest BCUT2D eigenvalue weighted by atomic mass is 10.0. The van der Waals surface area contributed by atoms with Crippen LogP contribution in [0, 0.1) is 0 Å². The van der Waals surface area contributed by atoms with Gasteiger partial charge in [0.25, 0.3) is 0 Å². The van der Waals surface area contributed by atoms with Crippen molar-refractivity contribution in [2.45, 2.75) is 57.9 Å². The zero-order valence-corrected chi connectivity index (χ0v) is 16.2. The highest BCUT2D eigenvalue weighted by Crippen LogP contribution is 2.29. The summed E-state index contributed by atoms with van der Waals surface area (Å²) in [5.41, 5.74) is 8.80. The lowest BCUT2D eigenvalue weighted by Gasteiger charge is -2.15. The van der Waals surface area contributed by atoms with Crippen LogP contribution in [0.2, 0.25) is 0 Å². The van der Waals surface area contributed by atoms with E-state index >= 15 is 0 Å². The summed E-state index contributed by atoms with van der Waals surface area (Å²) >= 11 is 0. The van der Waals surface area contributed by atoms with Crippen molar-refractivity contribution in [2.24, 2.45) is 5.73 Å². The van der Waals surface area contributed by atoms with E-state index in [-0.39, 0.29) is 6.04 Å². The Morgan fingerprint density at radius 3 is 2.46 bits per heavy atom. The fourth-order valence-corrected chi connectivity index (χ4v) is 3.12. The Balaban J connectivity index is 1.88. The molecule has 3 heteroatoms. The summed E-state index contributed by atoms with van der Waals surface area (Å²) in [6, 6.07) is 16.7. The predicted octanol–water partition coefficient (Wildman–Crippen LogP) is 5.16. The van der Waals surface area contributed by atoms with E-state index in [1.54, 1.807) is 7.11 Å². The van der Waals surface area contributed by atoms with Crippen LogP contribution in [-0.2, 0) is 12.8 Å². The van der Waals surface area contributed by atoms with Crippen LogP contribution in [0.5, 0.6) is 11.5 Å².